The third kappa shape index (κ3) is 5.00. The van der Waals surface area contributed by atoms with Gasteiger partial charge in [-0.15, -0.1) is 11.3 Å². The summed E-state index contributed by atoms with van der Waals surface area (Å²) in [6, 6.07) is 16.3. The first-order chi connectivity index (χ1) is 17.7. The molecule has 0 N–H and O–H groups in total. The maximum absolute atomic E-state index is 15.3. The number of fused-ring (bicyclic) bond motifs is 1. The summed E-state index contributed by atoms with van der Waals surface area (Å²) in [6.07, 6.45) is 4.67. The first-order valence-corrected chi connectivity index (χ1v) is 13.9. The van der Waals surface area contributed by atoms with E-state index in [1.165, 1.54) is 28.8 Å². The number of sulfone groups is 1. The zero-order valence-electron chi connectivity index (χ0n) is 19.7. The lowest BCUT2D eigenvalue weighted by atomic mass is 9.99. The van der Waals surface area contributed by atoms with Crippen molar-refractivity contribution in [2.24, 2.45) is 0 Å². The van der Waals surface area contributed by atoms with Crippen molar-refractivity contribution in [2.75, 3.05) is 5.75 Å². The van der Waals surface area contributed by atoms with Crippen molar-refractivity contribution in [2.45, 2.75) is 17.6 Å². The van der Waals surface area contributed by atoms with E-state index in [9.17, 15) is 18.0 Å². The molecule has 0 aliphatic rings. The lowest BCUT2D eigenvalue weighted by molar-refractivity contribution is -0.116. The Labute approximate surface area is 216 Å². The number of pyridine rings is 2. The molecule has 6 nitrogen and oxygen atoms in total. The van der Waals surface area contributed by atoms with E-state index in [-0.39, 0.29) is 21.9 Å². The summed E-state index contributed by atoms with van der Waals surface area (Å²) in [7, 11) is -3.73. The molecule has 37 heavy (non-hydrogen) atoms. The minimum atomic E-state index is -3.73. The van der Waals surface area contributed by atoms with Gasteiger partial charge in [-0.3, -0.25) is 19.1 Å². The van der Waals surface area contributed by atoms with Crippen LogP contribution in [0.25, 0.3) is 27.6 Å². The van der Waals surface area contributed by atoms with Gasteiger partial charge in [0.25, 0.3) is 5.56 Å². The quantitative estimate of drug-likeness (QED) is 0.290. The van der Waals surface area contributed by atoms with Crippen LogP contribution in [0, 0.1) is 12.7 Å². The van der Waals surface area contributed by atoms with Gasteiger partial charge in [-0.25, -0.2) is 12.8 Å². The first kappa shape index (κ1) is 24.7. The lowest BCUT2D eigenvalue weighted by Gasteiger charge is -2.14. The third-order valence-electron chi connectivity index (χ3n) is 5.99. The molecule has 0 saturated heterocycles. The molecular weight excluding hydrogens is 511 g/mol. The molecule has 2 aromatic carbocycles. The fraction of sp³-hybridized carbons (Fsp3) is 0.107. The molecule has 0 saturated carbocycles. The number of benzene rings is 2. The highest BCUT2D eigenvalue weighted by Crippen LogP contribution is 2.29. The summed E-state index contributed by atoms with van der Waals surface area (Å²) < 4.78 is 41.5. The topological polar surface area (TPSA) is 86.1 Å². The smallest absolute Gasteiger partial charge is 0.263 e. The van der Waals surface area contributed by atoms with Crippen LogP contribution in [-0.2, 0) is 21.1 Å². The molecule has 0 atom stereocenters. The number of carbonyl (C=O) groups is 1. The highest BCUT2D eigenvalue weighted by Gasteiger charge is 2.21. The van der Waals surface area contributed by atoms with Gasteiger partial charge in [0, 0.05) is 36.0 Å². The summed E-state index contributed by atoms with van der Waals surface area (Å²) in [5.41, 5.74) is 2.54. The number of ketones is 1. The molecule has 0 spiro atoms. The minimum Gasteiger partial charge on any atom is -0.298 e. The Bertz CT molecular complexity index is 1800. The van der Waals surface area contributed by atoms with Crippen molar-refractivity contribution in [1.82, 2.24) is 9.55 Å². The molecule has 186 valence electrons. The number of carbonyl (C=O) groups excluding carboxylic acids is 1. The molecule has 3 heterocycles. The van der Waals surface area contributed by atoms with Crippen LogP contribution >= 0.6 is 11.3 Å². The van der Waals surface area contributed by atoms with E-state index in [2.05, 4.69) is 4.98 Å². The second kappa shape index (κ2) is 9.84. The molecule has 0 fully saturated rings. The van der Waals surface area contributed by atoms with Gasteiger partial charge in [-0.05, 0) is 65.2 Å². The van der Waals surface area contributed by atoms with E-state index in [0.29, 0.717) is 10.9 Å². The largest absolute Gasteiger partial charge is 0.298 e. The van der Waals surface area contributed by atoms with Crippen molar-refractivity contribution < 1.29 is 17.6 Å². The van der Waals surface area contributed by atoms with Crippen LogP contribution in [-0.4, -0.2) is 29.5 Å². The van der Waals surface area contributed by atoms with Crippen LogP contribution in [0.4, 0.5) is 4.39 Å². The third-order valence-corrected chi connectivity index (χ3v) is 9.15. The number of Topliss-reactive ketones (excluding diaryl/α,β-unsaturated/α-hetero) is 1. The normalized spacial score (nSPS) is 11.6. The fourth-order valence-corrected chi connectivity index (χ4v) is 6.59. The van der Waals surface area contributed by atoms with Crippen molar-refractivity contribution in [3.05, 3.63) is 112 Å². The van der Waals surface area contributed by atoms with Crippen molar-refractivity contribution >= 4 is 37.7 Å². The highest BCUT2D eigenvalue weighted by molar-refractivity contribution is 7.94. The lowest BCUT2D eigenvalue weighted by Crippen LogP contribution is -2.20. The van der Waals surface area contributed by atoms with Crippen LogP contribution < -0.4 is 5.56 Å². The molecule has 0 bridgehead atoms. The van der Waals surface area contributed by atoms with Gasteiger partial charge in [-0.1, -0.05) is 29.8 Å². The summed E-state index contributed by atoms with van der Waals surface area (Å²) in [5.74, 6) is -1.89. The first-order valence-electron chi connectivity index (χ1n) is 11.4. The number of halogens is 1. The van der Waals surface area contributed by atoms with Crippen LogP contribution in [0.2, 0.25) is 0 Å². The average Bonchev–Trinajstić information content (AvgIpc) is 3.41. The Morgan fingerprint density at radius 3 is 2.51 bits per heavy atom. The summed E-state index contributed by atoms with van der Waals surface area (Å²) in [6.45, 7) is 1.94. The van der Waals surface area contributed by atoms with Gasteiger partial charge >= 0.3 is 0 Å². The average molecular weight is 533 g/mol. The number of hydrogen-bond donors (Lipinski definition) is 0. The van der Waals surface area contributed by atoms with E-state index in [0.717, 1.165) is 33.4 Å². The number of aryl methyl sites for hydroxylation is 1. The molecule has 0 aliphatic carbocycles. The SMILES string of the molecule is Cc1ccc2c(=O)n(-c3ccc(CC(=O)CS(=O)(=O)c4cccs4)cc3F)cc(-c3ccncc3)c2c1. The predicted octanol–water partition coefficient (Wildman–Crippen LogP) is 5.15. The van der Waals surface area contributed by atoms with Crippen molar-refractivity contribution in [3.8, 4) is 16.8 Å². The zero-order chi connectivity index (χ0) is 26.2. The van der Waals surface area contributed by atoms with Gasteiger partial charge in [0.2, 0.25) is 0 Å². The predicted molar refractivity (Wildman–Crippen MR) is 143 cm³/mol. The minimum absolute atomic E-state index is 0.0326. The highest BCUT2D eigenvalue weighted by atomic mass is 32.2. The molecule has 5 rings (SSSR count). The molecule has 0 amide bonds. The van der Waals surface area contributed by atoms with Crippen LogP contribution in [0.3, 0.4) is 0 Å². The van der Waals surface area contributed by atoms with Crippen LogP contribution in [0.5, 0.6) is 0 Å². The van der Waals surface area contributed by atoms with Gasteiger partial charge in [0.05, 0.1) is 5.69 Å². The van der Waals surface area contributed by atoms with E-state index in [4.69, 9.17) is 0 Å². The number of thiophene rings is 1. The van der Waals surface area contributed by atoms with Gasteiger partial charge < -0.3 is 0 Å². The molecule has 0 unspecified atom stereocenters. The fourth-order valence-electron chi connectivity index (χ4n) is 4.25. The molecule has 5 aromatic rings. The maximum atomic E-state index is 15.3. The molecule has 0 radical (unpaired) electrons. The van der Waals surface area contributed by atoms with Crippen molar-refractivity contribution in [3.63, 3.8) is 0 Å². The van der Waals surface area contributed by atoms with Crippen LogP contribution in [0.1, 0.15) is 11.1 Å². The van der Waals surface area contributed by atoms with E-state index >= 15 is 4.39 Å². The molecular formula is C28H21FN2O4S2. The van der Waals surface area contributed by atoms with Crippen LogP contribution in [0.15, 0.2) is 93.6 Å². The van der Waals surface area contributed by atoms with Gasteiger partial charge in [0.15, 0.2) is 15.6 Å². The van der Waals surface area contributed by atoms with E-state index in [1.54, 1.807) is 36.1 Å². The summed E-state index contributed by atoms with van der Waals surface area (Å²) in [4.78, 5) is 29.9. The number of rotatable bonds is 7. The Balaban J connectivity index is 1.51. The monoisotopic (exact) mass is 532 g/mol. The summed E-state index contributed by atoms with van der Waals surface area (Å²) in [5, 5.41) is 2.82. The number of nitrogens with zero attached hydrogens (tertiary/aromatic N) is 2. The van der Waals surface area contributed by atoms with Gasteiger partial charge in [-0.2, -0.15) is 0 Å². The summed E-state index contributed by atoms with van der Waals surface area (Å²) >= 11 is 1.05. The Morgan fingerprint density at radius 1 is 1.03 bits per heavy atom. The van der Waals surface area contributed by atoms with Crippen molar-refractivity contribution in [1.29, 1.82) is 0 Å². The Morgan fingerprint density at radius 2 is 1.81 bits per heavy atom. The Kier molecular flexibility index (Phi) is 6.57. The van der Waals surface area contributed by atoms with Gasteiger partial charge in [0.1, 0.15) is 15.8 Å². The second-order valence-electron chi connectivity index (χ2n) is 8.70. The van der Waals surface area contributed by atoms with E-state index in [1.807, 2.05) is 31.2 Å². The molecule has 3 aromatic heterocycles. The second-order valence-corrected chi connectivity index (χ2v) is 11.9. The number of hydrogen-bond acceptors (Lipinski definition) is 6. The Hall–Kier alpha value is -3.95. The molecule has 0 aliphatic heterocycles. The maximum Gasteiger partial charge on any atom is 0.263 e. The molecule has 9 heteroatoms. The zero-order valence-corrected chi connectivity index (χ0v) is 21.4. The number of aromatic nitrogens is 2. The standard InChI is InChI=1S/C28H21FN2O4S2/c1-18-4-6-22-23(13-18)24(20-8-10-30-11-9-20)16-31(28(22)33)26-7-5-19(15-25(26)29)14-21(32)17-37(34,35)27-3-2-12-36-27/h2-13,15-16H,14,17H2,1H3. The van der Waals surface area contributed by atoms with E-state index < -0.39 is 27.2 Å².